The van der Waals surface area contributed by atoms with E-state index in [1.807, 2.05) is 29.7 Å². The highest BCUT2D eigenvalue weighted by molar-refractivity contribution is 6.34. The summed E-state index contributed by atoms with van der Waals surface area (Å²) >= 11 is 0. The van der Waals surface area contributed by atoms with Crippen molar-refractivity contribution in [3.63, 3.8) is 0 Å². The van der Waals surface area contributed by atoms with Crippen LogP contribution in [0.4, 0.5) is 5.82 Å². The first-order valence-electron chi connectivity index (χ1n) is 12.1. The number of aliphatic hydroxyl groups is 1. The molecule has 2 N–H and O–H groups in total. The van der Waals surface area contributed by atoms with Crippen LogP contribution < -0.4 is 5.32 Å². The van der Waals surface area contributed by atoms with Crippen molar-refractivity contribution < 1.29 is 38.5 Å². The smallest absolute Gasteiger partial charge is 0.381 e. The first-order valence-corrected chi connectivity index (χ1v) is 12.1. The summed E-state index contributed by atoms with van der Waals surface area (Å²) in [7, 11) is 0. The van der Waals surface area contributed by atoms with Gasteiger partial charge < -0.3 is 29.2 Å². The van der Waals surface area contributed by atoms with Crippen molar-refractivity contribution in [3.05, 3.63) is 30.1 Å². The number of fused-ring (bicyclic) bond motifs is 3. The number of amides is 1. The highest BCUT2D eigenvalue weighted by atomic mass is 16.6. The van der Waals surface area contributed by atoms with Gasteiger partial charge in [-0.15, -0.1) is 0 Å². The predicted octanol–water partition coefficient (Wildman–Crippen LogP) is 2.28. The monoisotopic (exact) mass is 528 g/mol. The van der Waals surface area contributed by atoms with Crippen molar-refractivity contribution in [2.45, 2.75) is 72.5 Å². The summed E-state index contributed by atoms with van der Waals surface area (Å²) < 4.78 is 17.3. The molecule has 0 aliphatic heterocycles. The Morgan fingerprint density at radius 2 is 1.79 bits per heavy atom. The molecule has 0 bridgehead atoms. The van der Waals surface area contributed by atoms with E-state index in [0.29, 0.717) is 29.0 Å². The molecule has 2 heterocycles. The van der Waals surface area contributed by atoms with Crippen molar-refractivity contribution in [1.29, 1.82) is 0 Å². The highest BCUT2D eigenvalue weighted by Crippen LogP contribution is 2.31. The van der Waals surface area contributed by atoms with Gasteiger partial charge in [0.15, 0.2) is 11.9 Å². The molecule has 2 unspecified atom stereocenters. The van der Waals surface area contributed by atoms with Gasteiger partial charge in [0, 0.05) is 18.9 Å². The van der Waals surface area contributed by atoms with E-state index >= 15 is 0 Å². The minimum Gasteiger partial charge on any atom is -0.389 e. The lowest BCUT2D eigenvalue weighted by Gasteiger charge is -2.21. The van der Waals surface area contributed by atoms with Gasteiger partial charge in [0.2, 0.25) is 5.78 Å². The van der Waals surface area contributed by atoms with E-state index in [4.69, 9.17) is 14.5 Å². The molecule has 0 saturated heterocycles. The first-order chi connectivity index (χ1) is 17.8. The minimum absolute atomic E-state index is 0.161. The molecule has 0 aliphatic carbocycles. The van der Waals surface area contributed by atoms with Gasteiger partial charge in [-0.25, -0.2) is 19.6 Å². The van der Waals surface area contributed by atoms with Crippen molar-refractivity contribution >= 4 is 51.4 Å². The number of benzene rings is 1. The molecule has 0 spiro atoms. The van der Waals surface area contributed by atoms with E-state index in [9.17, 15) is 24.3 Å². The van der Waals surface area contributed by atoms with Crippen molar-refractivity contribution in [2.75, 3.05) is 11.9 Å². The number of ketones is 1. The van der Waals surface area contributed by atoms with Crippen LogP contribution in [0.2, 0.25) is 0 Å². The molecule has 0 saturated carbocycles. The minimum atomic E-state index is -1.31. The molecule has 2 atom stereocenters. The van der Waals surface area contributed by atoms with Gasteiger partial charge in [-0.05, 0) is 40.7 Å². The SMILES string of the molecule is CCOCc1nc2c(NC(=O)C(C)OC(C)C(=O)OC(=O)C(C)=O)nc3ccccc3c2n1CC(C)(C)O. The summed E-state index contributed by atoms with van der Waals surface area (Å²) in [5, 5.41) is 14.1. The zero-order valence-electron chi connectivity index (χ0n) is 22.2. The van der Waals surface area contributed by atoms with Gasteiger partial charge in [0.25, 0.3) is 5.91 Å². The topological polar surface area (TPSA) is 159 Å². The van der Waals surface area contributed by atoms with E-state index in [1.54, 1.807) is 19.9 Å². The molecule has 2 aromatic heterocycles. The third-order valence-corrected chi connectivity index (χ3v) is 5.47. The maximum Gasteiger partial charge on any atom is 0.381 e. The van der Waals surface area contributed by atoms with Crippen molar-refractivity contribution in [3.8, 4) is 0 Å². The largest absolute Gasteiger partial charge is 0.389 e. The number of carbonyl (C=O) groups is 4. The van der Waals surface area contributed by atoms with E-state index in [2.05, 4.69) is 15.0 Å². The van der Waals surface area contributed by atoms with E-state index in [-0.39, 0.29) is 19.0 Å². The average Bonchev–Trinajstić information content (AvgIpc) is 3.19. The van der Waals surface area contributed by atoms with Crippen LogP contribution in [0.5, 0.6) is 0 Å². The van der Waals surface area contributed by atoms with Crippen LogP contribution in [0, 0.1) is 0 Å². The first kappa shape index (κ1) is 28.8. The number of imidazole rings is 1. The molecule has 1 amide bonds. The number of anilines is 1. The quantitative estimate of drug-likeness (QED) is 0.215. The second kappa shape index (κ2) is 11.8. The Hall–Kier alpha value is -3.74. The summed E-state index contributed by atoms with van der Waals surface area (Å²) in [6.45, 7) is 9.77. The molecule has 0 fully saturated rings. The van der Waals surface area contributed by atoms with Crippen LogP contribution in [-0.2, 0) is 46.5 Å². The number of rotatable bonds is 11. The third kappa shape index (κ3) is 6.77. The Morgan fingerprint density at radius 1 is 1.11 bits per heavy atom. The maximum atomic E-state index is 13.0. The number of esters is 2. The number of nitrogens with zero attached hydrogens (tertiary/aromatic N) is 3. The number of nitrogens with one attached hydrogen (secondary N) is 1. The van der Waals surface area contributed by atoms with Crippen LogP contribution in [0.15, 0.2) is 24.3 Å². The number of Topliss-reactive ketones (excluding diaryl/α,β-unsaturated/α-hetero) is 1. The second-order valence-electron chi connectivity index (χ2n) is 9.41. The maximum absolute atomic E-state index is 13.0. The number of hydrogen-bond donors (Lipinski definition) is 2. The molecular formula is C26H32N4O8. The summed E-state index contributed by atoms with van der Waals surface area (Å²) in [5.41, 5.74) is 0.571. The Balaban J connectivity index is 1.97. The Labute approximate surface area is 219 Å². The standard InChI is InChI=1S/C26H32N4O8/c1-7-36-12-19-28-20-21(30(19)13-26(5,6)35)17-10-8-9-11-18(17)27-22(20)29-23(32)15(3)37-16(4)25(34)38-24(33)14(2)31/h8-11,15-16,35H,7,12-13H2,1-6H3,(H,27,29,32). The average molecular weight is 529 g/mol. The number of para-hydroxylation sites is 1. The van der Waals surface area contributed by atoms with Gasteiger partial charge >= 0.3 is 11.9 Å². The molecule has 0 radical (unpaired) electrons. The molecule has 12 heteroatoms. The van der Waals surface area contributed by atoms with Crippen molar-refractivity contribution in [1.82, 2.24) is 14.5 Å². The Morgan fingerprint density at radius 3 is 2.42 bits per heavy atom. The third-order valence-electron chi connectivity index (χ3n) is 5.47. The number of aromatic nitrogens is 3. The predicted molar refractivity (Wildman–Crippen MR) is 137 cm³/mol. The molecule has 204 valence electrons. The zero-order chi connectivity index (χ0) is 28.2. The number of carbonyl (C=O) groups excluding carboxylic acids is 4. The van der Waals surface area contributed by atoms with E-state index < -0.39 is 41.4 Å². The van der Waals surface area contributed by atoms with Crippen LogP contribution in [0.3, 0.4) is 0 Å². The Kier molecular flexibility index (Phi) is 8.92. The summed E-state index contributed by atoms with van der Waals surface area (Å²) in [6, 6.07) is 7.34. The summed E-state index contributed by atoms with van der Waals surface area (Å²) in [5.74, 6) is -3.26. The van der Waals surface area contributed by atoms with Crippen LogP contribution in [-0.4, -0.2) is 67.7 Å². The molecule has 0 aliphatic rings. The molecule has 12 nitrogen and oxygen atoms in total. The lowest BCUT2D eigenvalue weighted by Crippen LogP contribution is -2.36. The van der Waals surface area contributed by atoms with E-state index in [0.717, 1.165) is 12.3 Å². The summed E-state index contributed by atoms with van der Waals surface area (Å²) in [4.78, 5) is 56.7. The van der Waals surface area contributed by atoms with Crippen LogP contribution >= 0.6 is 0 Å². The number of pyridine rings is 1. The fourth-order valence-electron chi connectivity index (χ4n) is 3.72. The number of hydrogen-bond acceptors (Lipinski definition) is 10. The molecular weight excluding hydrogens is 496 g/mol. The van der Waals surface area contributed by atoms with Gasteiger partial charge in [-0.1, -0.05) is 18.2 Å². The Bertz CT molecular complexity index is 1380. The second-order valence-corrected chi connectivity index (χ2v) is 9.41. The van der Waals surface area contributed by atoms with Crippen LogP contribution in [0.25, 0.3) is 21.9 Å². The van der Waals surface area contributed by atoms with Gasteiger partial charge in [0.1, 0.15) is 24.1 Å². The molecule has 3 rings (SSSR count). The van der Waals surface area contributed by atoms with Gasteiger partial charge in [-0.3, -0.25) is 9.59 Å². The van der Waals surface area contributed by atoms with E-state index in [1.165, 1.54) is 13.8 Å². The zero-order valence-corrected chi connectivity index (χ0v) is 22.2. The molecule has 1 aromatic carbocycles. The fourth-order valence-corrected chi connectivity index (χ4v) is 3.72. The summed E-state index contributed by atoms with van der Waals surface area (Å²) in [6.07, 6.45) is -2.46. The number of ether oxygens (including phenoxy) is 3. The fraction of sp³-hybridized carbons (Fsp3) is 0.462. The van der Waals surface area contributed by atoms with Gasteiger partial charge in [-0.2, -0.15) is 0 Å². The van der Waals surface area contributed by atoms with Crippen molar-refractivity contribution in [2.24, 2.45) is 0 Å². The van der Waals surface area contributed by atoms with Gasteiger partial charge in [0.05, 0.1) is 23.2 Å². The lowest BCUT2D eigenvalue weighted by molar-refractivity contribution is -0.172. The molecule has 3 aromatic rings. The lowest BCUT2D eigenvalue weighted by atomic mass is 10.1. The normalized spacial score (nSPS) is 13.3. The highest BCUT2D eigenvalue weighted by Gasteiger charge is 2.28. The van der Waals surface area contributed by atoms with Crippen LogP contribution in [0.1, 0.15) is 47.4 Å². The molecule has 38 heavy (non-hydrogen) atoms.